The Morgan fingerprint density at radius 3 is 2.59 bits per heavy atom. The first-order chi connectivity index (χ1) is 13.7. The maximum Gasteiger partial charge on any atom is 0.433 e. The second-order valence-corrected chi connectivity index (χ2v) is 7.86. The van der Waals surface area contributed by atoms with Crippen LogP contribution in [0, 0.1) is 11.8 Å². The van der Waals surface area contributed by atoms with Crippen molar-refractivity contribution in [1.82, 2.24) is 20.3 Å². The number of nitrogens with zero attached hydrogens (tertiary/aromatic N) is 4. The average Bonchev–Trinajstić information content (AvgIpc) is 2.65. The first-order valence-corrected chi connectivity index (χ1v) is 9.76. The zero-order valence-corrected chi connectivity index (χ0v) is 17.0. The molecule has 2 N–H and O–H groups in total. The molecule has 1 fully saturated rings. The predicted octanol–water partition coefficient (Wildman–Crippen LogP) is 3.86. The van der Waals surface area contributed by atoms with Crippen LogP contribution in [0.3, 0.4) is 0 Å². The molecule has 0 saturated carbocycles. The van der Waals surface area contributed by atoms with Gasteiger partial charge in [0.25, 0.3) is 0 Å². The largest absolute Gasteiger partial charge is 0.433 e. The van der Waals surface area contributed by atoms with E-state index in [9.17, 15) is 13.2 Å². The summed E-state index contributed by atoms with van der Waals surface area (Å²) in [5.41, 5.74) is -0.107. The Morgan fingerprint density at radius 2 is 1.97 bits per heavy atom. The summed E-state index contributed by atoms with van der Waals surface area (Å²) in [5, 5.41) is 5.74. The second-order valence-electron chi connectivity index (χ2n) is 7.45. The van der Waals surface area contributed by atoms with E-state index >= 15 is 0 Å². The molecule has 0 bridgehead atoms. The van der Waals surface area contributed by atoms with Gasteiger partial charge in [-0.1, -0.05) is 19.9 Å². The number of hydrogen-bond acceptors (Lipinski definition) is 5. The Hall–Kier alpha value is -2.49. The van der Waals surface area contributed by atoms with Crippen molar-refractivity contribution in [2.75, 3.05) is 23.3 Å². The lowest BCUT2D eigenvalue weighted by atomic mass is 9.92. The molecule has 3 rings (SSSR count). The van der Waals surface area contributed by atoms with E-state index in [0.29, 0.717) is 31.5 Å². The molecule has 0 amide bonds. The minimum atomic E-state index is -4.58. The molecule has 3 heterocycles. The third-order valence-electron chi connectivity index (χ3n) is 4.60. The van der Waals surface area contributed by atoms with Crippen LogP contribution >= 0.6 is 12.2 Å². The quantitative estimate of drug-likeness (QED) is 0.723. The van der Waals surface area contributed by atoms with Crippen LogP contribution in [0.25, 0.3) is 0 Å². The number of rotatable bonds is 4. The topological polar surface area (TPSA) is 66.0 Å². The molecular formula is C19H23F3N6S. The molecule has 1 aliphatic rings. The van der Waals surface area contributed by atoms with Gasteiger partial charge in [0.05, 0.1) is 0 Å². The number of nitrogens with one attached hydrogen (secondary N) is 2. The van der Waals surface area contributed by atoms with Crippen LogP contribution in [0.2, 0.25) is 0 Å². The molecule has 0 aromatic carbocycles. The Bertz CT molecular complexity index is 836. The van der Waals surface area contributed by atoms with Crippen LogP contribution < -0.4 is 15.5 Å². The van der Waals surface area contributed by atoms with E-state index in [-0.39, 0.29) is 16.9 Å². The van der Waals surface area contributed by atoms with E-state index < -0.39 is 11.9 Å². The average molecular weight is 424 g/mol. The van der Waals surface area contributed by atoms with Gasteiger partial charge in [-0.25, -0.2) is 4.98 Å². The number of halogens is 3. The van der Waals surface area contributed by atoms with Crippen molar-refractivity contribution in [2.45, 2.75) is 33.0 Å². The summed E-state index contributed by atoms with van der Waals surface area (Å²) in [4.78, 5) is 13.8. The zero-order valence-electron chi connectivity index (χ0n) is 16.2. The van der Waals surface area contributed by atoms with Crippen molar-refractivity contribution in [3.8, 4) is 0 Å². The van der Waals surface area contributed by atoms with Gasteiger partial charge in [0.2, 0.25) is 5.95 Å². The lowest BCUT2D eigenvalue weighted by molar-refractivity contribution is -0.141. The number of aromatic nitrogens is 3. The summed E-state index contributed by atoms with van der Waals surface area (Å²) in [6, 6.07) is 4.65. The Balaban J connectivity index is 1.77. The highest BCUT2D eigenvalue weighted by atomic mass is 32.1. The van der Waals surface area contributed by atoms with Gasteiger partial charge in [-0.05, 0) is 42.1 Å². The van der Waals surface area contributed by atoms with Crippen molar-refractivity contribution in [1.29, 1.82) is 0 Å². The summed E-state index contributed by atoms with van der Waals surface area (Å²) >= 11 is 5.19. The van der Waals surface area contributed by atoms with E-state index in [1.54, 1.807) is 18.5 Å². The molecule has 0 radical (unpaired) electrons. The van der Waals surface area contributed by atoms with Gasteiger partial charge in [0, 0.05) is 38.1 Å². The first-order valence-electron chi connectivity index (χ1n) is 9.35. The standard InChI is InChI=1S/C19H23F3N6S/c1-12-6-13(2)11-28(10-12)16-7-15(19(20,21)22)25-17(26-16)27-18(29)24-9-14-4-3-5-23-8-14/h3-5,7-8,12-13H,6,9-11H2,1-2H3,(H2,24,25,26,27,29)/t12-,13+. The monoisotopic (exact) mass is 424 g/mol. The molecule has 0 unspecified atom stereocenters. The van der Waals surface area contributed by atoms with Crippen LogP contribution in [0.1, 0.15) is 31.5 Å². The van der Waals surface area contributed by atoms with E-state index in [1.807, 2.05) is 11.0 Å². The molecule has 1 aliphatic heterocycles. The fourth-order valence-electron chi connectivity index (χ4n) is 3.48. The van der Waals surface area contributed by atoms with Crippen LogP contribution in [0.5, 0.6) is 0 Å². The first kappa shape index (κ1) is 21.2. The molecule has 0 aliphatic carbocycles. The summed E-state index contributed by atoms with van der Waals surface area (Å²) < 4.78 is 40.1. The fraction of sp³-hybridized carbons (Fsp3) is 0.474. The highest BCUT2D eigenvalue weighted by molar-refractivity contribution is 7.80. The molecular weight excluding hydrogens is 401 g/mol. The van der Waals surface area contributed by atoms with Crippen molar-refractivity contribution in [3.63, 3.8) is 0 Å². The van der Waals surface area contributed by atoms with Crippen molar-refractivity contribution < 1.29 is 13.2 Å². The molecule has 2 atom stereocenters. The number of thiocarbonyl (C=S) groups is 1. The molecule has 29 heavy (non-hydrogen) atoms. The lowest BCUT2D eigenvalue weighted by Crippen LogP contribution is -2.39. The highest BCUT2D eigenvalue weighted by Gasteiger charge is 2.35. The molecule has 156 valence electrons. The van der Waals surface area contributed by atoms with Crippen molar-refractivity contribution in [2.24, 2.45) is 11.8 Å². The summed E-state index contributed by atoms with van der Waals surface area (Å²) in [7, 11) is 0. The maximum atomic E-state index is 13.4. The second kappa shape index (κ2) is 8.89. The number of piperidine rings is 1. The minimum Gasteiger partial charge on any atom is -0.358 e. The molecule has 0 spiro atoms. The van der Waals surface area contributed by atoms with Crippen LogP contribution in [-0.4, -0.2) is 33.2 Å². The van der Waals surface area contributed by atoms with E-state index in [4.69, 9.17) is 12.2 Å². The number of alkyl halides is 3. The van der Waals surface area contributed by atoms with Crippen molar-refractivity contribution >= 4 is 29.1 Å². The number of hydrogen-bond donors (Lipinski definition) is 2. The molecule has 2 aromatic heterocycles. The van der Waals surface area contributed by atoms with Gasteiger partial charge in [-0.15, -0.1) is 0 Å². The van der Waals surface area contributed by atoms with Gasteiger partial charge in [0.15, 0.2) is 10.8 Å². The zero-order chi connectivity index (χ0) is 21.0. The predicted molar refractivity (Wildman–Crippen MR) is 109 cm³/mol. The molecule has 10 heteroatoms. The summed E-state index contributed by atoms with van der Waals surface area (Å²) in [6.07, 6.45) is -0.208. The van der Waals surface area contributed by atoms with E-state index in [2.05, 4.69) is 39.4 Å². The van der Waals surface area contributed by atoms with Gasteiger partial charge < -0.3 is 15.5 Å². The SMILES string of the molecule is C[C@@H]1C[C@H](C)CN(c2cc(C(F)(F)F)nc(NC(=S)NCc3cccnc3)n2)C1. The van der Waals surface area contributed by atoms with E-state index in [1.165, 1.54) is 0 Å². The normalized spacial score (nSPS) is 19.7. The van der Waals surface area contributed by atoms with Crippen LogP contribution in [-0.2, 0) is 12.7 Å². The highest BCUT2D eigenvalue weighted by Crippen LogP contribution is 2.32. The molecule has 2 aromatic rings. The Labute approximate surface area is 173 Å². The third-order valence-corrected chi connectivity index (χ3v) is 4.84. The molecule has 1 saturated heterocycles. The minimum absolute atomic E-state index is 0.138. The van der Waals surface area contributed by atoms with Crippen LogP contribution in [0.4, 0.5) is 24.9 Å². The van der Waals surface area contributed by atoms with Gasteiger partial charge in [0.1, 0.15) is 5.82 Å². The van der Waals surface area contributed by atoms with Crippen LogP contribution in [0.15, 0.2) is 30.6 Å². The maximum absolute atomic E-state index is 13.4. The number of pyridine rings is 1. The van der Waals surface area contributed by atoms with Crippen molar-refractivity contribution in [3.05, 3.63) is 41.9 Å². The molecule has 6 nitrogen and oxygen atoms in total. The lowest BCUT2D eigenvalue weighted by Gasteiger charge is -2.36. The van der Waals surface area contributed by atoms with Gasteiger partial charge in [-0.2, -0.15) is 18.2 Å². The third kappa shape index (κ3) is 5.99. The Morgan fingerprint density at radius 1 is 1.24 bits per heavy atom. The summed E-state index contributed by atoms with van der Waals surface area (Å²) in [6.45, 7) is 5.87. The smallest absolute Gasteiger partial charge is 0.358 e. The fourth-order valence-corrected chi connectivity index (χ4v) is 3.64. The Kier molecular flexibility index (Phi) is 6.51. The summed E-state index contributed by atoms with van der Waals surface area (Å²) in [5.74, 6) is 0.830. The van der Waals surface area contributed by atoms with E-state index in [0.717, 1.165) is 18.1 Å². The number of anilines is 2. The van der Waals surface area contributed by atoms with Gasteiger partial charge in [-0.3, -0.25) is 4.98 Å². The van der Waals surface area contributed by atoms with Gasteiger partial charge >= 0.3 is 6.18 Å².